The average molecular weight is 629 g/mol. The molecular formula is C30H35F3N8O2S. The van der Waals surface area contributed by atoms with E-state index in [0.29, 0.717) is 18.2 Å². The van der Waals surface area contributed by atoms with Crippen molar-refractivity contribution in [2.75, 3.05) is 44.3 Å². The molecule has 2 unspecified atom stereocenters. The van der Waals surface area contributed by atoms with Gasteiger partial charge in [-0.3, -0.25) is 9.69 Å². The fourth-order valence-corrected chi connectivity index (χ4v) is 7.50. The molecule has 0 spiro atoms. The number of aromatic nitrogens is 4. The van der Waals surface area contributed by atoms with Crippen molar-refractivity contribution in [1.82, 2.24) is 29.7 Å². The van der Waals surface area contributed by atoms with Crippen molar-refractivity contribution in [3.05, 3.63) is 34.1 Å². The van der Waals surface area contributed by atoms with E-state index < -0.39 is 23.4 Å². The van der Waals surface area contributed by atoms with Gasteiger partial charge in [-0.1, -0.05) is 11.3 Å². The van der Waals surface area contributed by atoms with Gasteiger partial charge in [0.1, 0.15) is 28.7 Å². The number of pyridine rings is 1. The Morgan fingerprint density at radius 3 is 2.59 bits per heavy atom. The first-order valence-electron chi connectivity index (χ1n) is 15.2. The molecule has 0 amide bonds. The molecule has 6 heterocycles. The number of alkyl halides is 1. The molecule has 2 atom stereocenters. The lowest BCUT2D eigenvalue weighted by molar-refractivity contribution is 0.292. The van der Waals surface area contributed by atoms with Gasteiger partial charge >= 0.3 is 6.01 Å². The first kappa shape index (κ1) is 29.2. The maximum Gasteiger partial charge on any atom is 0.318 e. The first-order chi connectivity index (χ1) is 21.3. The largest absolute Gasteiger partial charge is 0.467 e. The Kier molecular flexibility index (Phi) is 7.83. The smallest absolute Gasteiger partial charge is 0.318 e. The normalized spacial score (nSPS) is 22.3. The fraction of sp³-hybridized carbons (Fsp3) is 0.533. The van der Waals surface area contributed by atoms with Crippen LogP contribution in [0, 0.1) is 11.6 Å². The molecule has 3 aliphatic heterocycles. The number of hydrogen-bond acceptors (Lipinski definition) is 10. The Hall–Kier alpha value is -3.49. The van der Waals surface area contributed by atoms with Crippen LogP contribution in [-0.4, -0.2) is 76.0 Å². The molecular weight excluding hydrogens is 593 g/mol. The van der Waals surface area contributed by atoms with Crippen LogP contribution in [0.25, 0.3) is 32.4 Å². The summed E-state index contributed by atoms with van der Waals surface area (Å²) in [6.07, 6.45) is 5.95. The van der Waals surface area contributed by atoms with Crippen LogP contribution in [0.5, 0.6) is 6.01 Å². The second-order valence-corrected chi connectivity index (χ2v) is 13.0. The van der Waals surface area contributed by atoms with Gasteiger partial charge in [-0.05, 0) is 76.7 Å². The number of halogens is 3. The molecule has 234 valence electrons. The Labute approximate surface area is 255 Å². The molecule has 0 bridgehead atoms. The van der Waals surface area contributed by atoms with Crippen molar-refractivity contribution >= 4 is 43.4 Å². The van der Waals surface area contributed by atoms with E-state index in [-0.39, 0.29) is 55.9 Å². The lowest BCUT2D eigenvalue weighted by Crippen LogP contribution is -2.36. The molecule has 8 rings (SSSR count). The summed E-state index contributed by atoms with van der Waals surface area (Å²) in [5.74, 6) is -0.956. The molecule has 10 nitrogen and oxygen atoms in total. The minimum atomic E-state index is -0.708. The molecule has 4 fully saturated rings. The number of rotatable bonds is 5. The summed E-state index contributed by atoms with van der Waals surface area (Å²) >= 11 is 0.980. The van der Waals surface area contributed by atoms with Gasteiger partial charge in [0, 0.05) is 30.2 Å². The summed E-state index contributed by atoms with van der Waals surface area (Å²) in [7, 11) is 1.39. The van der Waals surface area contributed by atoms with Gasteiger partial charge in [-0.2, -0.15) is 9.97 Å². The number of methoxy groups -OCH3 is 1. The van der Waals surface area contributed by atoms with E-state index in [1.54, 1.807) is 0 Å². The third kappa shape index (κ3) is 5.36. The van der Waals surface area contributed by atoms with Crippen molar-refractivity contribution in [2.24, 2.45) is 0 Å². The van der Waals surface area contributed by atoms with Crippen molar-refractivity contribution in [1.29, 1.82) is 0 Å². The number of fused-ring (bicyclic) bond motifs is 3. The van der Waals surface area contributed by atoms with Gasteiger partial charge in [-0.15, -0.1) is 0 Å². The number of thiazole rings is 1. The highest BCUT2D eigenvalue weighted by Gasteiger charge is 2.35. The van der Waals surface area contributed by atoms with E-state index in [1.807, 2.05) is 0 Å². The van der Waals surface area contributed by atoms with Crippen LogP contribution in [0.4, 0.5) is 24.1 Å². The van der Waals surface area contributed by atoms with Crippen molar-refractivity contribution < 1.29 is 17.9 Å². The third-order valence-electron chi connectivity index (χ3n) is 8.98. The fourth-order valence-electron chi connectivity index (χ4n) is 6.74. The topological polar surface area (TPSA) is 123 Å². The lowest BCUT2D eigenvalue weighted by atomic mass is 10.1. The van der Waals surface area contributed by atoms with Gasteiger partial charge in [0.25, 0.3) is 5.56 Å². The number of anilines is 2. The lowest BCUT2D eigenvalue weighted by Gasteiger charge is -2.25. The summed E-state index contributed by atoms with van der Waals surface area (Å²) in [6.45, 7) is 3.52. The van der Waals surface area contributed by atoms with E-state index >= 15 is 4.39 Å². The molecule has 0 radical (unpaired) electrons. The zero-order valence-corrected chi connectivity index (χ0v) is 25.2. The third-order valence-corrected chi connectivity index (χ3v) is 9.87. The highest BCUT2D eigenvalue weighted by molar-refractivity contribution is 7.22. The number of nitrogens with zero attached hydrogens (tertiary/aromatic N) is 5. The highest BCUT2D eigenvalue weighted by atomic mass is 32.1. The molecule has 1 aromatic carbocycles. The first-order valence-corrected chi connectivity index (χ1v) is 16.0. The molecule has 4 aromatic rings. The average Bonchev–Trinajstić information content (AvgIpc) is 3.46. The van der Waals surface area contributed by atoms with Crippen LogP contribution < -0.4 is 26.7 Å². The molecule has 3 aromatic heterocycles. The van der Waals surface area contributed by atoms with Crippen LogP contribution in [0.15, 0.2) is 16.9 Å². The zero-order chi connectivity index (χ0) is 30.5. The number of nitrogens with one attached hydrogen (secondary N) is 2. The SMILES string of the molecule is COc1nc(NC2CCNCC2)c2c(=O)n(C3CC3)c(-c3ccc(F)c4sc(N)nc34)c(F)c2n1.FC1CC2CCCN2C1. The molecule has 4 N–H and O–H groups in total. The zero-order valence-electron chi connectivity index (χ0n) is 24.4. The number of hydrogen-bond donors (Lipinski definition) is 3. The minimum Gasteiger partial charge on any atom is -0.467 e. The molecule has 3 saturated heterocycles. The monoisotopic (exact) mass is 628 g/mol. The van der Waals surface area contributed by atoms with Gasteiger partial charge in [0.15, 0.2) is 10.9 Å². The second kappa shape index (κ2) is 11.8. The molecule has 44 heavy (non-hydrogen) atoms. The van der Waals surface area contributed by atoms with Crippen molar-refractivity contribution in [3.8, 4) is 17.3 Å². The maximum absolute atomic E-state index is 16.4. The van der Waals surface area contributed by atoms with Gasteiger partial charge in [0.05, 0.1) is 23.0 Å². The molecule has 14 heteroatoms. The van der Waals surface area contributed by atoms with Crippen LogP contribution in [0.2, 0.25) is 0 Å². The Balaban J connectivity index is 0.000000296. The molecule has 1 saturated carbocycles. The van der Waals surface area contributed by atoms with Gasteiger partial charge in [0.2, 0.25) is 0 Å². The van der Waals surface area contributed by atoms with Gasteiger partial charge < -0.3 is 25.7 Å². The van der Waals surface area contributed by atoms with Crippen molar-refractivity contribution in [3.63, 3.8) is 0 Å². The van der Waals surface area contributed by atoms with E-state index in [4.69, 9.17) is 10.5 Å². The standard InChI is InChI=1S/C23H23F2N7O2S.C7H12FN/c1-34-23-30-17-14(20(31-23)28-10-6-8-27-9-7-10)21(33)32(11-2-3-11)18(15(17)25)12-4-5-13(24)19-16(12)29-22(26)35-19;8-6-4-7-2-1-3-9(7)5-6/h4-5,10-11,27H,2-3,6-9H2,1H3,(H2,26,29)(H,28,30,31);6-7H,1-5H2. The maximum atomic E-state index is 16.4. The van der Waals surface area contributed by atoms with Gasteiger partial charge in [-0.25, -0.2) is 18.2 Å². The minimum absolute atomic E-state index is 0.0221. The predicted octanol–water partition coefficient (Wildman–Crippen LogP) is 4.63. The second-order valence-electron chi connectivity index (χ2n) is 12.0. The van der Waals surface area contributed by atoms with E-state index in [1.165, 1.54) is 36.7 Å². The summed E-state index contributed by atoms with van der Waals surface area (Å²) in [4.78, 5) is 29.1. The predicted molar refractivity (Wildman–Crippen MR) is 165 cm³/mol. The Bertz CT molecular complexity index is 1760. The van der Waals surface area contributed by atoms with Crippen LogP contribution in [0.3, 0.4) is 0 Å². The highest BCUT2D eigenvalue weighted by Crippen LogP contribution is 2.43. The van der Waals surface area contributed by atoms with E-state index in [9.17, 15) is 13.6 Å². The molecule has 4 aliphatic rings. The quantitative estimate of drug-likeness (QED) is 0.290. The Morgan fingerprint density at radius 1 is 1.07 bits per heavy atom. The van der Waals surface area contributed by atoms with Crippen LogP contribution in [-0.2, 0) is 0 Å². The van der Waals surface area contributed by atoms with Crippen LogP contribution in [0.1, 0.15) is 51.0 Å². The number of ether oxygens (including phenoxy) is 1. The number of nitrogens with two attached hydrogens (primary N) is 1. The van der Waals surface area contributed by atoms with E-state index in [0.717, 1.165) is 63.1 Å². The summed E-state index contributed by atoms with van der Waals surface area (Å²) in [6, 6.07) is 3.13. The summed E-state index contributed by atoms with van der Waals surface area (Å²) in [5.41, 5.74) is 5.83. The van der Waals surface area contributed by atoms with E-state index in [2.05, 4.69) is 30.5 Å². The number of nitrogen functional groups attached to an aromatic ring is 1. The summed E-state index contributed by atoms with van der Waals surface area (Å²) < 4.78 is 50.4. The van der Waals surface area contributed by atoms with Crippen molar-refractivity contribution in [2.45, 2.75) is 69.2 Å². The summed E-state index contributed by atoms with van der Waals surface area (Å²) in [5, 5.41) is 6.86. The number of piperidine rings is 1. The Morgan fingerprint density at radius 2 is 1.86 bits per heavy atom. The molecule has 1 aliphatic carbocycles. The number of benzene rings is 1. The van der Waals surface area contributed by atoms with Crippen LogP contribution >= 0.6 is 11.3 Å².